The molecular formula is C33H22F10O. The lowest BCUT2D eigenvalue weighted by atomic mass is 10.00. The highest BCUT2D eigenvalue weighted by atomic mass is 19.4. The number of alkyl halides is 5. The predicted octanol–water partition coefficient (Wildman–Crippen LogP) is 10.3. The zero-order valence-corrected chi connectivity index (χ0v) is 22.9. The Bertz CT molecular complexity index is 1670. The Morgan fingerprint density at radius 1 is 0.614 bits per heavy atom. The topological polar surface area (TPSA) is 9.23 Å². The van der Waals surface area contributed by atoms with Crippen LogP contribution in [0.3, 0.4) is 0 Å². The van der Waals surface area contributed by atoms with E-state index in [9.17, 15) is 43.9 Å². The summed E-state index contributed by atoms with van der Waals surface area (Å²) in [5.41, 5.74) is -3.13. The Kier molecular flexibility index (Phi) is 9.62. The van der Waals surface area contributed by atoms with Crippen LogP contribution in [0.15, 0.2) is 66.7 Å². The van der Waals surface area contributed by atoms with E-state index in [-0.39, 0.29) is 23.3 Å². The van der Waals surface area contributed by atoms with Crippen LogP contribution in [-0.2, 0) is 18.7 Å². The normalized spacial score (nSPS) is 11.7. The molecule has 0 atom stereocenters. The van der Waals surface area contributed by atoms with Crippen molar-refractivity contribution < 1.29 is 48.6 Å². The average molecular weight is 625 g/mol. The molecular weight excluding hydrogens is 602 g/mol. The molecule has 1 nitrogen and oxygen atoms in total. The van der Waals surface area contributed by atoms with Gasteiger partial charge in [-0.15, -0.1) is 0 Å². The molecule has 0 aliphatic heterocycles. The molecule has 0 spiro atoms. The molecule has 0 unspecified atom stereocenters. The van der Waals surface area contributed by atoms with E-state index in [0.717, 1.165) is 43.4 Å². The van der Waals surface area contributed by atoms with Gasteiger partial charge in [0.1, 0.15) is 46.0 Å². The van der Waals surface area contributed by atoms with E-state index in [2.05, 4.69) is 23.5 Å². The van der Waals surface area contributed by atoms with Gasteiger partial charge in [0, 0.05) is 28.8 Å². The van der Waals surface area contributed by atoms with Crippen LogP contribution in [0.5, 0.6) is 5.75 Å². The van der Waals surface area contributed by atoms with Crippen LogP contribution in [0.2, 0.25) is 0 Å². The number of aryl methyl sites for hydroxylation is 1. The van der Waals surface area contributed by atoms with Crippen molar-refractivity contribution in [1.82, 2.24) is 0 Å². The third kappa shape index (κ3) is 7.54. The Balaban J connectivity index is 1.54. The first-order valence-electron chi connectivity index (χ1n) is 13.2. The van der Waals surface area contributed by atoms with Gasteiger partial charge in [-0.25, -0.2) is 22.0 Å². The first-order valence-corrected chi connectivity index (χ1v) is 13.2. The highest BCUT2D eigenvalue weighted by Gasteiger charge is 2.43. The largest absolute Gasteiger partial charge is 0.432 e. The smallest absolute Gasteiger partial charge is 0.429 e. The first kappa shape index (κ1) is 32.5. The van der Waals surface area contributed by atoms with Gasteiger partial charge in [-0.1, -0.05) is 49.8 Å². The van der Waals surface area contributed by atoms with Crippen LogP contribution >= 0.6 is 0 Å². The van der Waals surface area contributed by atoms with E-state index in [1.807, 2.05) is 24.3 Å². The third-order valence-corrected chi connectivity index (χ3v) is 6.53. The molecule has 0 amide bonds. The fraction of sp³-hybridized carbons (Fsp3) is 0.212. The van der Waals surface area contributed by atoms with Gasteiger partial charge in [-0.3, -0.25) is 0 Å². The maximum absolute atomic E-state index is 14.9. The Labute approximate surface area is 246 Å². The maximum atomic E-state index is 14.9. The zero-order chi connectivity index (χ0) is 32.2. The molecule has 0 bridgehead atoms. The lowest BCUT2D eigenvalue weighted by molar-refractivity contribution is -0.189. The Hall–Kier alpha value is -4.46. The van der Waals surface area contributed by atoms with Crippen LogP contribution in [-0.4, -0.2) is 0 Å². The summed E-state index contributed by atoms with van der Waals surface area (Å²) in [6.07, 6.45) is -6.16. The molecule has 0 heterocycles. The SMILES string of the molecule is CCCCCc1ccc(C#Cc2ccc(-c3cc(F)c(C(F)(F)Oc4cc(F)c(C(F)(F)F)c(F)c4)c(F)c3)c(F)c2)cc1. The number of benzene rings is 4. The van der Waals surface area contributed by atoms with Gasteiger partial charge >= 0.3 is 12.3 Å². The highest BCUT2D eigenvalue weighted by Crippen LogP contribution is 2.40. The lowest BCUT2D eigenvalue weighted by Gasteiger charge is -2.21. The number of hydrogen-bond acceptors (Lipinski definition) is 1. The lowest BCUT2D eigenvalue weighted by Crippen LogP contribution is -2.25. The van der Waals surface area contributed by atoms with Crippen molar-refractivity contribution in [3.63, 3.8) is 0 Å². The first-order chi connectivity index (χ1) is 20.7. The van der Waals surface area contributed by atoms with E-state index >= 15 is 0 Å². The monoisotopic (exact) mass is 624 g/mol. The quantitative estimate of drug-likeness (QED) is 0.108. The van der Waals surface area contributed by atoms with Crippen molar-refractivity contribution in [3.05, 3.63) is 124 Å². The van der Waals surface area contributed by atoms with Crippen molar-refractivity contribution in [3.8, 4) is 28.7 Å². The summed E-state index contributed by atoms with van der Waals surface area (Å²) in [6, 6.07) is 11.4. The average Bonchev–Trinajstić information content (AvgIpc) is 2.90. The molecule has 0 saturated carbocycles. The van der Waals surface area contributed by atoms with E-state index < -0.39 is 63.8 Å². The van der Waals surface area contributed by atoms with Crippen LogP contribution in [0.1, 0.15) is 54.0 Å². The summed E-state index contributed by atoms with van der Waals surface area (Å²) in [5.74, 6) is -5.16. The van der Waals surface area contributed by atoms with E-state index in [0.29, 0.717) is 17.7 Å². The fourth-order valence-corrected chi connectivity index (χ4v) is 4.39. The molecule has 0 aromatic heterocycles. The van der Waals surface area contributed by atoms with Crippen LogP contribution < -0.4 is 4.74 Å². The van der Waals surface area contributed by atoms with Crippen LogP contribution in [0.25, 0.3) is 11.1 Å². The standard InChI is InChI=1S/C33H22F10O/c1-2-3-4-5-19-6-8-20(9-7-19)10-11-21-12-13-24(25(34)14-21)22-15-26(35)31(27(36)16-22)33(42,43)44-23-17-28(37)30(29(38)18-23)32(39,40)41/h6-9,12-18H,2-5H2,1H3. The predicted molar refractivity (Wildman–Crippen MR) is 143 cm³/mol. The molecule has 4 aromatic carbocycles. The van der Waals surface area contributed by atoms with Gasteiger partial charge in [-0.2, -0.15) is 22.0 Å². The maximum Gasteiger partial charge on any atom is 0.432 e. The molecule has 0 N–H and O–H groups in total. The van der Waals surface area contributed by atoms with Crippen LogP contribution in [0, 0.1) is 40.9 Å². The molecule has 0 aliphatic carbocycles. The number of ether oxygens (including phenoxy) is 1. The molecule has 230 valence electrons. The minimum absolute atomic E-state index is 0.201. The second kappa shape index (κ2) is 13.0. The van der Waals surface area contributed by atoms with Crippen molar-refractivity contribution in [1.29, 1.82) is 0 Å². The zero-order valence-electron chi connectivity index (χ0n) is 22.9. The molecule has 11 heteroatoms. The summed E-state index contributed by atoms with van der Waals surface area (Å²) in [5, 5.41) is 0. The van der Waals surface area contributed by atoms with E-state index in [4.69, 9.17) is 0 Å². The molecule has 4 rings (SSSR count). The molecule has 44 heavy (non-hydrogen) atoms. The summed E-state index contributed by atoms with van der Waals surface area (Å²) in [6.45, 7) is 2.12. The van der Waals surface area contributed by atoms with E-state index in [1.54, 1.807) is 0 Å². The Morgan fingerprint density at radius 2 is 1.16 bits per heavy atom. The van der Waals surface area contributed by atoms with Gasteiger partial charge in [0.15, 0.2) is 0 Å². The minimum Gasteiger partial charge on any atom is -0.429 e. The molecule has 0 radical (unpaired) electrons. The van der Waals surface area contributed by atoms with Crippen molar-refractivity contribution in [2.45, 2.75) is 44.9 Å². The summed E-state index contributed by atoms with van der Waals surface area (Å²) in [4.78, 5) is 0. The second-order valence-corrected chi connectivity index (χ2v) is 9.79. The van der Waals surface area contributed by atoms with E-state index in [1.165, 1.54) is 6.07 Å². The summed E-state index contributed by atoms with van der Waals surface area (Å²) < 4.78 is 144. The second-order valence-electron chi connectivity index (χ2n) is 9.79. The van der Waals surface area contributed by atoms with Gasteiger partial charge in [0.05, 0.1) is 0 Å². The van der Waals surface area contributed by atoms with Gasteiger partial charge in [-0.05, 0) is 60.4 Å². The fourth-order valence-electron chi connectivity index (χ4n) is 4.39. The molecule has 0 aliphatic rings. The highest BCUT2D eigenvalue weighted by molar-refractivity contribution is 5.66. The third-order valence-electron chi connectivity index (χ3n) is 6.53. The van der Waals surface area contributed by atoms with Gasteiger partial charge in [0.25, 0.3) is 0 Å². The molecule has 0 fully saturated rings. The van der Waals surface area contributed by atoms with Crippen molar-refractivity contribution >= 4 is 0 Å². The molecule has 4 aromatic rings. The summed E-state index contributed by atoms with van der Waals surface area (Å²) in [7, 11) is 0. The van der Waals surface area contributed by atoms with Gasteiger partial charge < -0.3 is 4.74 Å². The van der Waals surface area contributed by atoms with Crippen molar-refractivity contribution in [2.75, 3.05) is 0 Å². The number of rotatable bonds is 8. The number of unbranched alkanes of at least 4 members (excludes halogenated alkanes) is 2. The number of halogens is 10. The minimum atomic E-state index is -5.48. The van der Waals surface area contributed by atoms with Crippen LogP contribution in [0.4, 0.5) is 43.9 Å². The van der Waals surface area contributed by atoms with Crippen molar-refractivity contribution in [2.24, 2.45) is 0 Å². The Morgan fingerprint density at radius 3 is 1.70 bits per heavy atom. The molecule has 0 saturated heterocycles. The summed E-state index contributed by atoms with van der Waals surface area (Å²) >= 11 is 0. The number of hydrogen-bond donors (Lipinski definition) is 0. The van der Waals surface area contributed by atoms with Gasteiger partial charge in [0.2, 0.25) is 0 Å².